The number of carbonyl (C=O) groups excluding carboxylic acids is 1. The molecule has 2 N–H and O–H groups in total. The molecule has 0 aliphatic rings. The van der Waals surface area contributed by atoms with E-state index < -0.39 is 11.6 Å². The maximum absolute atomic E-state index is 13.3. The Kier molecular flexibility index (Phi) is 4.64. The number of amides is 2. The van der Waals surface area contributed by atoms with Crippen molar-refractivity contribution in [1.82, 2.24) is 10.6 Å². The van der Waals surface area contributed by atoms with E-state index in [4.69, 9.17) is 0 Å². The van der Waals surface area contributed by atoms with Crippen LogP contribution in [-0.2, 0) is 6.54 Å². The first-order valence-corrected chi connectivity index (χ1v) is 5.73. The summed E-state index contributed by atoms with van der Waals surface area (Å²) in [6.07, 6.45) is 0. The van der Waals surface area contributed by atoms with Crippen LogP contribution in [0, 0.1) is 17.0 Å². The molecular weight excluding hydrogens is 238 g/mol. The van der Waals surface area contributed by atoms with E-state index >= 15 is 0 Å². The number of nitrogens with one attached hydrogen (secondary N) is 2. The van der Waals surface area contributed by atoms with E-state index in [1.807, 2.05) is 20.8 Å². The summed E-state index contributed by atoms with van der Waals surface area (Å²) in [6.45, 7) is 6.53. The summed E-state index contributed by atoms with van der Waals surface area (Å²) in [7, 11) is 0. The molecule has 0 saturated carbocycles. The minimum Gasteiger partial charge on any atom is -0.338 e. The molecule has 0 aliphatic heterocycles. The third-order valence-electron chi connectivity index (χ3n) is 2.23. The maximum atomic E-state index is 13.3. The first-order valence-electron chi connectivity index (χ1n) is 5.73. The van der Waals surface area contributed by atoms with Crippen LogP contribution in [-0.4, -0.2) is 12.6 Å². The summed E-state index contributed by atoms with van der Waals surface area (Å²) in [6, 6.07) is 2.90. The fraction of sp³-hybridized carbons (Fsp3) is 0.462. The van der Waals surface area contributed by atoms with Crippen molar-refractivity contribution in [3.8, 4) is 0 Å². The molecular formula is C13H18F2N2O. The van der Waals surface area contributed by atoms with Crippen molar-refractivity contribution < 1.29 is 13.6 Å². The fourth-order valence-electron chi connectivity index (χ4n) is 1.25. The van der Waals surface area contributed by atoms with E-state index in [9.17, 15) is 13.6 Å². The van der Waals surface area contributed by atoms with Gasteiger partial charge in [-0.1, -0.05) is 26.8 Å². The molecule has 0 unspecified atom stereocenters. The highest BCUT2D eigenvalue weighted by Gasteiger charge is 2.12. The average molecular weight is 256 g/mol. The second-order valence-corrected chi connectivity index (χ2v) is 5.33. The second-order valence-electron chi connectivity index (χ2n) is 5.33. The van der Waals surface area contributed by atoms with Gasteiger partial charge in [-0.25, -0.2) is 13.6 Å². The molecule has 3 nitrogen and oxygen atoms in total. The highest BCUT2D eigenvalue weighted by atomic mass is 19.1. The fourth-order valence-corrected chi connectivity index (χ4v) is 1.25. The lowest BCUT2D eigenvalue weighted by Gasteiger charge is -2.18. The normalized spacial score (nSPS) is 11.2. The average Bonchev–Trinajstić information content (AvgIpc) is 2.24. The number of rotatable bonds is 3. The Morgan fingerprint density at radius 1 is 1.22 bits per heavy atom. The Bertz CT molecular complexity index is 427. The molecule has 1 aromatic rings. The van der Waals surface area contributed by atoms with Crippen LogP contribution in [0.1, 0.15) is 26.3 Å². The van der Waals surface area contributed by atoms with Crippen LogP contribution in [0.2, 0.25) is 0 Å². The molecule has 0 fully saturated rings. The monoisotopic (exact) mass is 256 g/mol. The Hall–Kier alpha value is -1.65. The third-order valence-corrected chi connectivity index (χ3v) is 2.23. The van der Waals surface area contributed by atoms with Crippen LogP contribution >= 0.6 is 0 Å². The van der Waals surface area contributed by atoms with Crippen molar-refractivity contribution in [1.29, 1.82) is 0 Å². The van der Waals surface area contributed by atoms with Gasteiger partial charge < -0.3 is 10.6 Å². The first-order chi connectivity index (χ1) is 8.28. The summed E-state index contributed by atoms with van der Waals surface area (Å²) < 4.78 is 25.9. The van der Waals surface area contributed by atoms with E-state index in [-0.39, 0.29) is 23.6 Å². The Balaban J connectivity index is 2.43. The lowest BCUT2D eigenvalue weighted by molar-refractivity contribution is 0.235. The molecule has 2 amide bonds. The molecule has 0 radical (unpaired) electrons. The van der Waals surface area contributed by atoms with Crippen molar-refractivity contribution in [2.45, 2.75) is 27.3 Å². The summed E-state index contributed by atoms with van der Waals surface area (Å²) >= 11 is 0. The van der Waals surface area contributed by atoms with Crippen LogP contribution in [0.3, 0.4) is 0 Å². The largest absolute Gasteiger partial charge is 0.338 e. The van der Waals surface area contributed by atoms with E-state index in [0.29, 0.717) is 6.54 Å². The van der Waals surface area contributed by atoms with Crippen molar-refractivity contribution in [3.05, 3.63) is 35.4 Å². The molecule has 0 aliphatic carbocycles. The van der Waals surface area contributed by atoms with Crippen LogP contribution in [0.15, 0.2) is 18.2 Å². The van der Waals surface area contributed by atoms with Crippen LogP contribution in [0.4, 0.5) is 13.6 Å². The summed E-state index contributed by atoms with van der Waals surface area (Å²) in [5, 5.41) is 5.20. The van der Waals surface area contributed by atoms with Gasteiger partial charge in [0.25, 0.3) is 0 Å². The minimum absolute atomic E-state index is 0.0154. The van der Waals surface area contributed by atoms with Crippen LogP contribution in [0.5, 0.6) is 0 Å². The summed E-state index contributed by atoms with van der Waals surface area (Å²) in [5.74, 6) is -1.29. The molecule has 18 heavy (non-hydrogen) atoms. The summed E-state index contributed by atoms with van der Waals surface area (Å²) in [4.78, 5) is 11.4. The van der Waals surface area contributed by atoms with Crippen LogP contribution < -0.4 is 10.6 Å². The lowest BCUT2D eigenvalue weighted by Crippen LogP contribution is -2.39. The Morgan fingerprint density at radius 3 is 2.44 bits per heavy atom. The molecule has 0 spiro atoms. The number of benzene rings is 1. The molecule has 100 valence electrons. The topological polar surface area (TPSA) is 41.1 Å². The number of hydrogen-bond donors (Lipinski definition) is 2. The van der Waals surface area contributed by atoms with Crippen molar-refractivity contribution in [2.75, 3.05) is 6.54 Å². The zero-order chi connectivity index (χ0) is 13.8. The standard InChI is InChI=1S/C13H18F2N2O/c1-13(2,3)8-17-12(18)16-7-9-4-5-10(14)6-11(9)15/h4-6H,7-8H2,1-3H3,(H2,16,17,18). The predicted octanol–water partition coefficient (Wildman–Crippen LogP) is 2.81. The second kappa shape index (κ2) is 5.80. The smallest absolute Gasteiger partial charge is 0.315 e. The lowest BCUT2D eigenvalue weighted by atomic mass is 9.97. The quantitative estimate of drug-likeness (QED) is 0.857. The molecule has 1 rings (SSSR count). The molecule has 0 aromatic heterocycles. The minimum atomic E-state index is -0.661. The molecule has 0 atom stereocenters. The van der Waals surface area contributed by atoms with Gasteiger partial charge in [0.2, 0.25) is 0 Å². The number of halogens is 2. The first kappa shape index (κ1) is 14.4. The highest BCUT2D eigenvalue weighted by molar-refractivity contribution is 5.73. The molecule has 1 aromatic carbocycles. The molecule has 5 heteroatoms. The van der Waals surface area contributed by atoms with Crippen LogP contribution in [0.25, 0.3) is 0 Å². The van der Waals surface area contributed by atoms with Gasteiger partial charge in [-0.15, -0.1) is 0 Å². The van der Waals surface area contributed by atoms with Gasteiger partial charge in [-0.05, 0) is 11.5 Å². The number of hydrogen-bond acceptors (Lipinski definition) is 1. The molecule has 0 bridgehead atoms. The van der Waals surface area contributed by atoms with Gasteiger partial charge in [0.05, 0.1) is 0 Å². The Morgan fingerprint density at radius 2 is 1.89 bits per heavy atom. The number of carbonyl (C=O) groups is 1. The molecule has 0 saturated heterocycles. The van der Waals surface area contributed by atoms with Gasteiger partial charge in [0.15, 0.2) is 0 Å². The van der Waals surface area contributed by atoms with E-state index in [2.05, 4.69) is 10.6 Å². The van der Waals surface area contributed by atoms with Gasteiger partial charge in [-0.3, -0.25) is 0 Å². The van der Waals surface area contributed by atoms with Crippen molar-refractivity contribution in [3.63, 3.8) is 0 Å². The van der Waals surface area contributed by atoms with Gasteiger partial charge in [-0.2, -0.15) is 0 Å². The van der Waals surface area contributed by atoms with E-state index in [1.54, 1.807) is 0 Å². The number of urea groups is 1. The van der Waals surface area contributed by atoms with Gasteiger partial charge >= 0.3 is 6.03 Å². The van der Waals surface area contributed by atoms with Gasteiger partial charge in [0, 0.05) is 24.7 Å². The maximum Gasteiger partial charge on any atom is 0.315 e. The predicted molar refractivity (Wildman–Crippen MR) is 66.1 cm³/mol. The molecule has 0 heterocycles. The van der Waals surface area contributed by atoms with Crippen molar-refractivity contribution >= 4 is 6.03 Å². The summed E-state index contributed by atoms with van der Waals surface area (Å²) in [5.41, 5.74) is 0.237. The zero-order valence-corrected chi connectivity index (χ0v) is 10.8. The zero-order valence-electron chi connectivity index (χ0n) is 10.8. The Labute approximate surface area is 106 Å². The van der Waals surface area contributed by atoms with Crippen molar-refractivity contribution in [2.24, 2.45) is 5.41 Å². The SMILES string of the molecule is CC(C)(C)CNC(=O)NCc1ccc(F)cc1F. The van der Waals surface area contributed by atoms with Gasteiger partial charge in [0.1, 0.15) is 11.6 Å². The van der Waals surface area contributed by atoms with E-state index in [1.165, 1.54) is 6.07 Å². The highest BCUT2D eigenvalue weighted by Crippen LogP contribution is 2.10. The van der Waals surface area contributed by atoms with E-state index in [0.717, 1.165) is 12.1 Å². The third kappa shape index (κ3) is 5.12.